The normalized spacial score (nSPS) is 24.6. The third-order valence-electron chi connectivity index (χ3n) is 4.47. The molecule has 0 radical (unpaired) electrons. The molecule has 5 nitrogen and oxygen atoms in total. The number of fused-ring (bicyclic) bond motifs is 1. The van der Waals surface area contributed by atoms with Crippen molar-refractivity contribution in [1.82, 2.24) is 9.47 Å². The number of nitrogens with zero attached hydrogens (tertiary/aromatic N) is 2. The summed E-state index contributed by atoms with van der Waals surface area (Å²) in [7, 11) is 0. The van der Waals surface area contributed by atoms with Crippen LogP contribution >= 0.6 is 0 Å². The van der Waals surface area contributed by atoms with Crippen LogP contribution in [-0.4, -0.2) is 38.5 Å². The molecular weight excluding hydrogens is 268 g/mol. The Morgan fingerprint density at radius 2 is 1.86 bits per heavy atom. The highest BCUT2D eigenvalue weighted by atomic mass is 16.6. The summed E-state index contributed by atoms with van der Waals surface area (Å²) >= 11 is 0. The summed E-state index contributed by atoms with van der Waals surface area (Å²) in [5, 5.41) is 11.7. The molecule has 1 atom stereocenters. The Bertz CT molecular complexity index is 688. The van der Waals surface area contributed by atoms with Crippen LogP contribution in [0.4, 0.5) is 4.79 Å². The van der Waals surface area contributed by atoms with Crippen molar-refractivity contribution in [2.75, 3.05) is 6.54 Å². The molecule has 1 aromatic heterocycles. The molecule has 2 aromatic rings. The Labute approximate surface area is 123 Å². The van der Waals surface area contributed by atoms with Gasteiger partial charge in [-0.2, -0.15) is 0 Å². The van der Waals surface area contributed by atoms with Crippen LogP contribution in [0.25, 0.3) is 10.9 Å². The van der Waals surface area contributed by atoms with Crippen LogP contribution in [0.5, 0.6) is 0 Å². The van der Waals surface area contributed by atoms with Gasteiger partial charge in [-0.1, -0.05) is 18.2 Å². The van der Waals surface area contributed by atoms with Gasteiger partial charge < -0.3 is 14.4 Å². The van der Waals surface area contributed by atoms with Crippen molar-refractivity contribution in [3.05, 3.63) is 36.5 Å². The summed E-state index contributed by atoms with van der Waals surface area (Å²) in [5.74, 6) is 0. The molecule has 1 aliphatic rings. The van der Waals surface area contributed by atoms with Gasteiger partial charge in [-0.25, -0.2) is 4.79 Å². The molecule has 1 fully saturated rings. The van der Waals surface area contributed by atoms with Gasteiger partial charge >= 0.3 is 6.09 Å². The highest BCUT2D eigenvalue weighted by Gasteiger charge is 2.56. The van der Waals surface area contributed by atoms with Crippen molar-refractivity contribution >= 4 is 17.0 Å². The lowest BCUT2D eigenvalue weighted by atomic mass is 9.96. The summed E-state index contributed by atoms with van der Waals surface area (Å²) < 4.78 is 7.34. The molecule has 1 amide bonds. The highest BCUT2D eigenvalue weighted by molar-refractivity contribution is 5.80. The smallest absolute Gasteiger partial charge is 0.412 e. The second-order valence-electron chi connectivity index (χ2n) is 6.12. The average molecular weight is 288 g/mol. The summed E-state index contributed by atoms with van der Waals surface area (Å²) in [4.78, 5) is 13.4. The minimum absolute atomic E-state index is 0.397. The van der Waals surface area contributed by atoms with Crippen LogP contribution in [0, 0.1) is 0 Å². The van der Waals surface area contributed by atoms with E-state index in [-0.39, 0.29) is 0 Å². The van der Waals surface area contributed by atoms with Crippen LogP contribution < -0.4 is 0 Å². The van der Waals surface area contributed by atoms with E-state index >= 15 is 0 Å². The highest BCUT2D eigenvalue weighted by Crippen LogP contribution is 2.36. The van der Waals surface area contributed by atoms with Crippen LogP contribution in [0.3, 0.4) is 0 Å². The summed E-state index contributed by atoms with van der Waals surface area (Å²) in [6.45, 7) is 6.06. The summed E-state index contributed by atoms with van der Waals surface area (Å²) in [5.41, 5.74) is -1.11. The number of carbonyl (C=O) groups excluding carboxylic acids is 1. The Hall–Kier alpha value is -2.01. The lowest BCUT2D eigenvalue weighted by Crippen LogP contribution is -2.54. The van der Waals surface area contributed by atoms with Gasteiger partial charge in [0, 0.05) is 24.8 Å². The molecule has 1 N–H and O–H groups in total. The molecule has 0 unspecified atom stereocenters. The van der Waals surface area contributed by atoms with Crippen LogP contribution in [0.1, 0.15) is 20.8 Å². The van der Waals surface area contributed by atoms with Gasteiger partial charge in [-0.3, -0.25) is 4.90 Å². The van der Waals surface area contributed by atoms with E-state index in [2.05, 4.69) is 10.6 Å². The molecule has 1 aliphatic heterocycles. The van der Waals surface area contributed by atoms with Gasteiger partial charge in [-0.15, -0.1) is 0 Å². The lowest BCUT2D eigenvalue weighted by molar-refractivity contribution is -0.127. The first-order valence-electron chi connectivity index (χ1n) is 7.10. The van der Waals surface area contributed by atoms with Gasteiger partial charge in [-0.05, 0) is 38.3 Å². The SMILES string of the molecule is CC1(C)OC(=O)N(CCn2ccc3ccccc32)[C@]1(C)O. The van der Waals surface area contributed by atoms with E-state index in [0.29, 0.717) is 13.1 Å². The van der Waals surface area contributed by atoms with E-state index in [0.717, 1.165) is 10.9 Å². The fourth-order valence-corrected chi connectivity index (χ4v) is 2.73. The maximum atomic E-state index is 12.0. The number of para-hydroxylation sites is 1. The lowest BCUT2D eigenvalue weighted by Gasteiger charge is -2.34. The Morgan fingerprint density at radius 1 is 1.14 bits per heavy atom. The summed E-state index contributed by atoms with van der Waals surface area (Å²) in [6.07, 6.45) is 1.52. The third-order valence-corrected chi connectivity index (χ3v) is 4.47. The van der Waals surface area contributed by atoms with E-state index in [1.54, 1.807) is 20.8 Å². The van der Waals surface area contributed by atoms with Crippen LogP contribution in [0.2, 0.25) is 0 Å². The molecule has 2 heterocycles. The maximum Gasteiger partial charge on any atom is 0.412 e. The van der Waals surface area contributed by atoms with Crippen molar-refractivity contribution in [3.8, 4) is 0 Å². The van der Waals surface area contributed by atoms with Gasteiger partial charge in [0.2, 0.25) is 0 Å². The molecule has 1 saturated heterocycles. The fourth-order valence-electron chi connectivity index (χ4n) is 2.73. The first kappa shape index (κ1) is 13.9. The van der Waals surface area contributed by atoms with Crippen molar-refractivity contribution < 1.29 is 14.6 Å². The van der Waals surface area contributed by atoms with E-state index in [9.17, 15) is 9.90 Å². The Balaban J connectivity index is 1.80. The topological polar surface area (TPSA) is 54.7 Å². The molecule has 0 saturated carbocycles. The first-order valence-corrected chi connectivity index (χ1v) is 7.10. The minimum atomic E-state index is -1.31. The molecular formula is C16H20N2O3. The van der Waals surface area contributed by atoms with E-state index < -0.39 is 17.4 Å². The van der Waals surface area contributed by atoms with E-state index in [1.165, 1.54) is 4.90 Å². The molecule has 0 bridgehead atoms. The number of hydrogen-bond donors (Lipinski definition) is 1. The number of hydrogen-bond acceptors (Lipinski definition) is 3. The Morgan fingerprint density at radius 3 is 2.52 bits per heavy atom. The molecule has 3 rings (SSSR count). The predicted octanol–water partition coefficient (Wildman–Crippen LogP) is 2.58. The average Bonchev–Trinajstić information content (AvgIpc) is 2.87. The van der Waals surface area contributed by atoms with Gasteiger partial charge in [0.25, 0.3) is 0 Å². The van der Waals surface area contributed by atoms with Crippen LogP contribution in [0.15, 0.2) is 36.5 Å². The number of carbonyl (C=O) groups is 1. The number of benzene rings is 1. The number of aliphatic hydroxyl groups is 1. The number of aromatic nitrogens is 1. The summed E-state index contributed by atoms with van der Waals surface area (Å²) in [6, 6.07) is 10.1. The second-order valence-corrected chi connectivity index (χ2v) is 6.12. The largest absolute Gasteiger partial charge is 0.438 e. The monoisotopic (exact) mass is 288 g/mol. The van der Waals surface area contributed by atoms with Gasteiger partial charge in [0.15, 0.2) is 11.3 Å². The van der Waals surface area contributed by atoms with Crippen LogP contribution in [-0.2, 0) is 11.3 Å². The number of amides is 1. The molecule has 1 aromatic carbocycles. The fraction of sp³-hybridized carbons (Fsp3) is 0.438. The standard InChI is InChI=1S/C16H20N2O3/c1-15(2)16(3,20)18(14(19)21-15)11-10-17-9-8-12-6-4-5-7-13(12)17/h4-9,20H,10-11H2,1-3H3/t16-/m1/s1. The Kier molecular flexibility index (Phi) is 2.99. The zero-order valence-electron chi connectivity index (χ0n) is 12.5. The maximum absolute atomic E-state index is 12.0. The number of ether oxygens (including phenoxy) is 1. The zero-order chi connectivity index (χ0) is 15.3. The van der Waals surface area contributed by atoms with Crippen molar-refractivity contribution in [1.29, 1.82) is 0 Å². The van der Waals surface area contributed by atoms with E-state index in [4.69, 9.17) is 4.74 Å². The molecule has 21 heavy (non-hydrogen) atoms. The predicted molar refractivity (Wildman–Crippen MR) is 79.8 cm³/mol. The van der Waals surface area contributed by atoms with Crippen molar-refractivity contribution in [2.24, 2.45) is 0 Å². The van der Waals surface area contributed by atoms with E-state index in [1.807, 2.05) is 30.5 Å². The number of cyclic esters (lactones) is 1. The molecule has 112 valence electrons. The molecule has 0 spiro atoms. The van der Waals surface area contributed by atoms with Gasteiger partial charge in [0.05, 0.1) is 0 Å². The third kappa shape index (κ3) is 2.08. The number of rotatable bonds is 3. The van der Waals surface area contributed by atoms with Crippen molar-refractivity contribution in [3.63, 3.8) is 0 Å². The van der Waals surface area contributed by atoms with Gasteiger partial charge in [0.1, 0.15) is 0 Å². The second kappa shape index (κ2) is 4.49. The quantitative estimate of drug-likeness (QED) is 0.944. The minimum Gasteiger partial charge on any atom is -0.438 e. The molecule has 5 heteroatoms. The van der Waals surface area contributed by atoms with Crippen molar-refractivity contribution in [2.45, 2.75) is 38.6 Å². The zero-order valence-corrected chi connectivity index (χ0v) is 12.5. The first-order chi connectivity index (χ1) is 9.83. The molecule has 0 aliphatic carbocycles.